The fraction of sp³-hybridized carbons (Fsp3) is 0.333. The van der Waals surface area contributed by atoms with Crippen molar-refractivity contribution < 1.29 is 22.7 Å². The van der Waals surface area contributed by atoms with Crippen LogP contribution in [0, 0.1) is 0 Å². The SMILES string of the molecule is COc1cccc(N(CC(=O)N(Cc2cccc(Br)c2)[C@@H](C)C(=O)NC2CCCC2)S(=O)(=O)c2ccccc2)c1. The molecular formula is C30H34BrN3O5S. The topological polar surface area (TPSA) is 96.0 Å². The van der Waals surface area contributed by atoms with Gasteiger partial charge in [-0.3, -0.25) is 13.9 Å². The minimum absolute atomic E-state index is 0.0520. The Morgan fingerprint density at radius 3 is 2.38 bits per heavy atom. The van der Waals surface area contributed by atoms with Gasteiger partial charge in [-0.1, -0.05) is 65.2 Å². The Morgan fingerprint density at radius 1 is 1.00 bits per heavy atom. The highest BCUT2D eigenvalue weighted by Crippen LogP contribution is 2.28. The second-order valence-corrected chi connectivity index (χ2v) is 12.6. The van der Waals surface area contributed by atoms with E-state index in [-0.39, 0.29) is 29.1 Å². The lowest BCUT2D eigenvalue weighted by Crippen LogP contribution is -2.52. The Labute approximate surface area is 244 Å². The molecule has 3 aromatic carbocycles. The van der Waals surface area contributed by atoms with Gasteiger partial charge in [0.15, 0.2) is 0 Å². The molecule has 40 heavy (non-hydrogen) atoms. The molecule has 0 bridgehead atoms. The molecule has 10 heteroatoms. The molecule has 0 aliphatic heterocycles. The highest BCUT2D eigenvalue weighted by Gasteiger charge is 2.33. The van der Waals surface area contributed by atoms with E-state index in [1.807, 2.05) is 24.3 Å². The molecule has 0 radical (unpaired) electrons. The van der Waals surface area contributed by atoms with Crippen molar-refractivity contribution in [1.29, 1.82) is 0 Å². The summed E-state index contributed by atoms with van der Waals surface area (Å²) < 4.78 is 34.9. The lowest BCUT2D eigenvalue weighted by Gasteiger charge is -2.32. The smallest absolute Gasteiger partial charge is 0.264 e. The quantitative estimate of drug-likeness (QED) is 0.318. The first-order chi connectivity index (χ1) is 19.2. The van der Waals surface area contributed by atoms with Gasteiger partial charge in [0.25, 0.3) is 10.0 Å². The molecule has 1 atom stereocenters. The van der Waals surface area contributed by atoms with Crippen molar-refractivity contribution in [2.45, 2.75) is 56.1 Å². The fourth-order valence-electron chi connectivity index (χ4n) is 4.82. The third-order valence-corrected chi connectivity index (χ3v) is 9.34. The minimum atomic E-state index is -4.13. The van der Waals surface area contributed by atoms with Gasteiger partial charge in [0, 0.05) is 23.1 Å². The number of halogens is 1. The van der Waals surface area contributed by atoms with Crippen molar-refractivity contribution in [3.05, 3.63) is 88.9 Å². The molecule has 0 aromatic heterocycles. The number of anilines is 1. The number of sulfonamides is 1. The number of amides is 2. The molecule has 0 unspecified atom stereocenters. The van der Waals surface area contributed by atoms with Crippen molar-refractivity contribution in [2.24, 2.45) is 0 Å². The van der Waals surface area contributed by atoms with Gasteiger partial charge in [-0.05, 0) is 61.7 Å². The Morgan fingerprint density at radius 2 is 1.70 bits per heavy atom. The molecular weight excluding hydrogens is 594 g/mol. The van der Waals surface area contributed by atoms with Gasteiger partial charge in [-0.15, -0.1) is 0 Å². The normalized spacial score (nSPS) is 14.4. The van der Waals surface area contributed by atoms with Gasteiger partial charge in [0.2, 0.25) is 11.8 Å². The molecule has 1 N–H and O–H groups in total. The second-order valence-electron chi connectivity index (χ2n) is 9.84. The minimum Gasteiger partial charge on any atom is -0.497 e. The van der Waals surface area contributed by atoms with E-state index in [9.17, 15) is 18.0 Å². The predicted molar refractivity (Wildman–Crippen MR) is 159 cm³/mol. The summed E-state index contributed by atoms with van der Waals surface area (Å²) >= 11 is 3.47. The molecule has 1 saturated carbocycles. The molecule has 212 valence electrons. The summed E-state index contributed by atoms with van der Waals surface area (Å²) in [6.07, 6.45) is 3.95. The first-order valence-corrected chi connectivity index (χ1v) is 15.5. The van der Waals surface area contributed by atoms with Gasteiger partial charge < -0.3 is 15.0 Å². The number of nitrogens with zero attached hydrogens (tertiary/aromatic N) is 2. The number of benzene rings is 3. The van der Waals surface area contributed by atoms with Gasteiger partial charge in [0.1, 0.15) is 18.3 Å². The maximum absolute atomic E-state index is 14.0. The molecule has 2 amide bonds. The van der Waals surface area contributed by atoms with Gasteiger partial charge in [-0.25, -0.2) is 8.42 Å². The Balaban J connectivity index is 1.69. The van der Waals surface area contributed by atoms with Crippen LogP contribution < -0.4 is 14.4 Å². The number of hydrogen-bond acceptors (Lipinski definition) is 5. The maximum Gasteiger partial charge on any atom is 0.264 e. The Hall–Kier alpha value is -3.37. The molecule has 0 heterocycles. The van der Waals surface area contributed by atoms with Crippen LogP contribution in [0.15, 0.2) is 88.2 Å². The summed E-state index contributed by atoms with van der Waals surface area (Å²) in [5, 5.41) is 3.08. The third-order valence-electron chi connectivity index (χ3n) is 7.06. The van der Waals surface area contributed by atoms with Crippen LogP contribution in [-0.2, 0) is 26.2 Å². The third kappa shape index (κ3) is 7.22. The van der Waals surface area contributed by atoms with E-state index in [2.05, 4.69) is 21.2 Å². The molecule has 1 fully saturated rings. The first-order valence-electron chi connectivity index (χ1n) is 13.2. The highest BCUT2D eigenvalue weighted by molar-refractivity contribution is 9.10. The van der Waals surface area contributed by atoms with Crippen molar-refractivity contribution in [3.8, 4) is 5.75 Å². The first kappa shape index (κ1) is 29.6. The van der Waals surface area contributed by atoms with Gasteiger partial charge in [-0.2, -0.15) is 0 Å². The van der Waals surface area contributed by atoms with Crippen LogP contribution in [0.4, 0.5) is 5.69 Å². The summed E-state index contributed by atoms with van der Waals surface area (Å²) in [6.45, 7) is 1.32. The summed E-state index contributed by atoms with van der Waals surface area (Å²) in [5.74, 6) is -0.307. The van der Waals surface area contributed by atoms with E-state index in [1.54, 1.807) is 49.4 Å². The molecule has 0 spiro atoms. The van der Waals surface area contributed by atoms with Crippen LogP contribution >= 0.6 is 15.9 Å². The van der Waals surface area contributed by atoms with Crippen molar-refractivity contribution in [2.75, 3.05) is 18.0 Å². The number of nitrogens with one attached hydrogen (secondary N) is 1. The van der Waals surface area contributed by atoms with E-state index in [1.165, 1.54) is 24.1 Å². The van der Waals surface area contributed by atoms with Crippen molar-refractivity contribution in [1.82, 2.24) is 10.2 Å². The number of ether oxygens (including phenoxy) is 1. The van der Waals surface area contributed by atoms with E-state index in [0.717, 1.165) is 40.0 Å². The van der Waals surface area contributed by atoms with Crippen LogP contribution in [0.2, 0.25) is 0 Å². The number of carbonyl (C=O) groups excluding carboxylic acids is 2. The van der Waals surface area contributed by atoms with E-state index in [0.29, 0.717) is 5.75 Å². The molecule has 0 saturated heterocycles. The average molecular weight is 629 g/mol. The summed E-state index contributed by atoms with van der Waals surface area (Å²) in [4.78, 5) is 28.8. The van der Waals surface area contributed by atoms with E-state index >= 15 is 0 Å². The molecule has 1 aliphatic carbocycles. The monoisotopic (exact) mass is 627 g/mol. The second kappa shape index (κ2) is 13.3. The predicted octanol–water partition coefficient (Wildman–Crippen LogP) is 5.13. The zero-order valence-corrected chi connectivity index (χ0v) is 25.0. The average Bonchev–Trinajstić information content (AvgIpc) is 3.47. The molecule has 1 aliphatic rings. The van der Waals surface area contributed by atoms with Crippen LogP contribution in [-0.4, -0.2) is 50.9 Å². The largest absolute Gasteiger partial charge is 0.497 e. The maximum atomic E-state index is 14.0. The van der Waals surface area contributed by atoms with Crippen molar-refractivity contribution in [3.63, 3.8) is 0 Å². The fourth-order valence-corrected chi connectivity index (χ4v) is 6.69. The Bertz CT molecular complexity index is 1430. The highest BCUT2D eigenvalue weighted by atomic mass is 79.9. The number of rotatable bonds is 11. The lowest BCUT2D eigenvalue weighted by atomic mass is 10.1. The zero-order valence-electron chi connectivity index (χ0n) is 22.6. The zero-order chi connectivity index (χ0) is 28.7. The molecule has 4 rings (SSSR count). The van der Waals surface area contributed by atoms with Crippen LogP contribution in [0.25, 0.3) is 0 Å². The Kier molecular flexibility index (Phi) is 9.86. The van der Waals surface area contributed by atoms with Gasteiger partial charge in [0.05, 0.1) is 17.7 Å². The number of hydrogen-bond donors (Lipinski definition) is 1. The lowest BCUT2D eigenvalue weighted by molar-refractivity contribution is -0.139. The van der Waals surface area contributed by atoms with E-state index < -0.39 is 28.5 Å². The number of methoxy groups -OCH3 is 1. The van der Waals surface area contributed by atoms with Crippen molar-refractivity contribution >= 4 is 43.5 Å². The molecule has 3 aromatic rings. The van der Waals surface area contributed by atoms with Crippen LogP contribution in [0.1, 0.15) is 38.2 Å². The number of carbonyl (C=O) groups is 2. The van der Waals surface area contributed by atoms with E-state index in [4.69, 9.17) is 4.74 Å². The molecule has 8 nitrogen and oxygen atoms in total. The summed E-state index contributed by atoms with van der Waals surface area (Å²) in [5.41, 5.74) is 1.09. The van der Waals surface area contributed by atoms with Crippen LogP contribution in [0.5, 0.6) is 5.75 Å². The van der Waals surface area contributed by atoms with Crippen LogP contribution in [0.3, 0.4) is 0 Å². The summed E-state index contributed by atoms with van der Waals surface area (Å²) in [6, 6.07) is 21.3. The standard InChI is InChI=1S/C30H34BrN3O5S/c1-22(30(36)32-25-12-6-7-13-25)33(20-23-10-8-11-24(31)18-23)29(35)21-34(26-14-9-15-27(19-26)39-2)40(37,38)28-16-4-3-5-17-28/h3-5,8-11,14-19,22,25H,6-7,12-13,20-21H2,1-2H3,(H,32,36)/t22-/m0/s1. The van der Waals surface area contributed by atoms with Gasteiger partial charge >= 0.3 is 0 Å². The summed E-state index contributed by atoms with van der Waals surface area (Å²) in [7, 11) is -2.64.